The van der Waals surface area contributed by atoms with Gasteiger partial charge in [-0.05, 0) is 6.42 Å². The fourth-order valence-corrected chi connectivity index (χ4v) is 1.45. The number of hydrogen-bond acceptors (Lipinski definition) is 7. The molecule has 6 nitrogen and oxygen atoms in total. The number of nitrogens with two attached hydrogens (primary N) is 2. The van der Waals surface area contributed by atoms with Crippen LogP contribution in [-0.4, -0.2) is 32.4 Å². The summed E-state index contributed by atoms with van der Waals surface area (Å²) in [6.45, 7) is 0.156. The number of aliphatic hydroxyl groups is 1. The molecule has 0 aliphatic carbocycles. The van der Waals surface area contributed by atoms with E-state index in [2.05, 4.69) is 15.0 Å². The van der Waals surface area contributed by atoms with Gasteiger partial charge in [0.2, 0.25) is 11.9 Å². The van der Waals surface area contributed by atoms with E-state index < -0.39 is 0 Å². The Hall–Kier alpha value is -1.08. The molecule has 1 heterocycles. The third-order valence-electron chi connectivity index (χ3n) is 1.18. The fourth-order valence-electron chi connectivity index (χ4n) is 0.681. The van der Waals surface area contributed by atoms with Gasteiger partial charge in [0.25, 0.3) is 0 Å². The van der Waals surface area contributed by atoms with Gasteiger partial charge in [-0.2, -0.15) is 15.0 Å². The molecule has 0 radical (unpaired) electrons. The zero-order valence-electron chi connectivity index (χ0n) is 6.97. The second-order valence-corrected chi connectivity index (χ2v) is 3.32. The summed E-state index contributed by atoms with van der Waals surface area (Å²) in [5, 5.41) is 9.04. The standard InChI is InChI=1S/C6H11N5OS/c7-4-9-5(8)11-6(10-4)13-3-1-2-12/h12H,1-3H2,(H4,7,8,9,10,11). The van der Waals surface area contributed by atoms with E-state index in [9.17, 15) is 0 Å². The minimum Gasteiger partial charge on any atom is -0.396 e. The Labute approximate surface area is 79.8 Å². The lowest BCUT2D eigenvalue weighted by atomic mass is 10.5. The highest BCUT2D eigenvalue weighted by molar-refractivity contribution is 7.99. The summed E-state index contributed by atoms with van der Waals surface area (Å²) in [4.78, 5) is 11.4. The molecular formula is C6H11N5OS. The number of rotatable bonds is 4. The molecule has 13 heavy (non-hydrogen) atoms. The minimum absolute atomic E-state index is 0.124. The van der Waals surface area contributed by atoms with Crippen LogP contribution in [0.15, 0.2) is 5.16 Å². The van der Waals surface area contributed by atoms with Crippen molar-refractivity contribution in [2.24, 2.45) is 0 Å². The number of nitrogen functional groups attached to an aromatic ring is 2. The molecule has 0 spiro atoms. The predicted octanol–water partition coefficient (Wildman–Crippen LogP) is -0.489. The van der Waals surface area contributed by atoms with Crippen LogP contribution in [0.3, 0.4) is 0 Å². The van der Waals surface area contributed by atoms with Gasteiger partial charge in [0.1, 0.15) is 0 Å². The number of anilines is 2. The first kappa shape index (κ1) is 10.0. The Kier molecular flexibility index (Phi) is 3.71. The molecule has 0 saturated heterocycles. The van der Waals surface area contributed by atoms with Crippen LogP contribution < -0.4 is 11.5 Å². The highest BCUT2D eigenvalue weighted by atomic mass is 32.2. The molecule has 1 aromatic rings. The predicted molar refractivity (Wildman–Crippen MR) is 51.1 cm³/mol. The Morgan fingerprint density at radius 2 is 1.77 bits per heavy atom. The number of thioether (sulfide) groups is 1. The molecule has 0 aliphatic heterocycles. The van der Waals surface area contributed by atoms with Crippen molar-refractivity contribution >= 4 is 23.7 Å². The van der Waals surface area contributed by atoms with Crippen molar-refractivity contribution < 1.29 is 5.11 Å². The smallest absolute Gasteiger partial charge is 0.225 e. The molecule has 0 fully saturated rings. The minimum atomic E-state index is 0.124. The summed E-state index contributed by atoms with van der Waals surface area (Å²) < 4.78 is 0. The molecular weight excluding hydrogens is 190 g/mol. The molecule has 1 rings (SSSR count). The van der Waals surface area contributed by atoms with Crippen molar-refractivity contribution in [2.45, 2.75) is 11.6 Å². The summed E-state index contributed by atoms with van der Waals surface area (Å²) in [7, 11) is 0. The lowest BCUT2D eigenvalue weighted by molar-refractivity contribution is 0.296. The van der Waals surface area contributed by atoms with E-state index >= 15 is 0 Å². The monoisotopic (exact) mass is 201 g/mol. The van der Waals surface area contributed by atoms with E-state index in [1.165, 1.54) is 11.8 Å². The van der Waals surface area contributed by atoms with Gasteiger partial charge >= 0.3 is 0 Å². The molecule has 0 aliphatic rings. The van der Waals surface area contributed by atoms with Crippen LogP contribution in [0.2, 0.25) is 0 Å². The molecule has 0 atom stereocenters. The summed E-state index contributed by atoms with van der Waals surface area (Å²) in [5.41, 5.74) is 10.7. The molecule has 5 N–H and O–H groups in total. The largest absolute Gasteiger partial charge is 0.396 e. The van der Waals surface area contributed by atoms with Crippen LogP contribution in [0.4, 0.5) is 11.9 Å². The summed E-state index contributed by atoms with van der Waals surface area (Å²) >= 11 is 1.39. The van der Waals surface area contributed by atoms with Crippen molar-refractivity contribution in [3.05, 3.63) is 0 Å². The Balaban J connectivity index is 2.56. The van der Waals surface area contributed by atoms with Gasteiger partial charge in [0, 0.05) is 12.4 Å². The van der Waals surface area contributed by atoms with E-state index in [1.807, 2.05) is 0 Å². The number of nitrogens with zero attached hydrogens (tertiary/aromatic N) is 3. The molecule has 0 amide bonds. The number of aliphatic hydroxyl groups excluding tert-OH is 1. The van der Waals surface area contributed by atoms with Crippen molar-refractivity contribution in [1.82, 2.24) is 15.0 Å². The maximum atomic E-state index is 8.54. The second-order valence-electron chi connectivity index (χ2n) is 2.26. The third-order valence-corrected chi connectivity index (χ3v) is 2.12. The highest BCUT2D eigenvalue weighted by Crippen LogP contribution is 2.14. The van der Waals surface area contributed by atoms with Gasteiger partial charge in [-0.25, -0.2) is 0 Å². The molecule has 72 valence electrons. The SMILES string of the molecule is Nc1nc(N)nc(SCCCO)n1. The molecule has 7 heteroatoms. The first-order chi connectivity index (χ1) is 6.22. The van der Waals surface area contributed by atoms with Gasteiger partial charge in [-0.15, -0.1) is 0 Å². The van der Waals surface area contributed by atoms with Gasteiger partial charge < -0.3 is 16.6 Å². The first-order valence-corrected chi connectivity index (χ1v) is 4.71. The normalized spacial score (nSPS) is 10.2. The number of aromatic nitrogens is 3. The summed E-state index contributed by atoms with van der Waals surface area (Å²) in [5.74, 6) is 0.984. The van der Waals surface area contributed by atoms with Crippen LogP contribution in [0, 0.1) is 0 Å². The van der Waals surface area contributed by atoms with E-state index in [-0.39, 0.29) is 18.5 Å². The molecule has 1 aromatic heterocycles. The van der Waals surface area contributed by atoms with E-state index in [0.717, 1.165) is 5.75 Å². The van der Waals surface area contributed by atoms with Crippen LogP contribution in [0.5, 0.6) is 0 Å². The van der Waals surface area contributed by atoms with Crippen molar-refractivity contribution in [3.8, 4) is 0 Å². The Bertz CT molecular complexity index is 261. The summed E-state index contributed by atoms with van der Waals surface area (Å²) in [6.07, 6.45) is 0.691. The molecule has 0 aromatic carbocycles. The van der Waals surface area contributed by atoms with Gasteiger partial charge in [0.05, 0.1) is 0 Å². The molecule has 0 saturated carbocycles. The highest BCUT2D eigenvalue weighted by Gasteiger charge is 2.01. The van der Waals surface area contributed by atoms with Crippen LogP contribution in [0.25, 0.3) is 0 Å². The van der Waals surface area contributed by atoms with Gasteiger partial charge in [-0.3, -0.25) is 0 Å². The zero-order chi connectivity index (χ0) is 9.68. The van der Waals surface area contributed by atoms with Crippen molar-refractivity contribution in [2.75, 3.05) is 23.8 Å². The van der Waals surface area contributed by atoms with Gasteiger partial charge in [0.15, 0.2) is 5.16 Å². The molecule has 0 bridgehead atoms. The molecule has 0 unspecified atom stereocenters. The lowest BCUT2D eigenvalue weighted by Gasteiger charge is -2.00. The van der Waals surface area contributed by atoms with Crippen LogP contribution in [-0.2, 0) is 0 Å². The van der Waals surface area contributed by atoms with Crippen LogP contribution in [0.1, 0.15) is 6.42 Å². The fraction of sp³-hybridized carbons (Fsp3) is 0.500. The van der Waals surface area contributed by atoms with Crippen molar-refractivity contribution in [1.29, 1.82) is 0 Å². The zero-order valence-corrected chi connectivity index (χ0v) is 7.79. The van der Waals surface area contributed by atoms with E-state index in [4.69, 9.17) is 16.6 Å². The van der Waals surface area contributed by atoms with E-state index in [0.29, 0.717) is 11.6 Å². The second kappa shape index (κ2) is 4.83. The Morgan fingerprint density at radius 1 is 1.15 bits per heavy atom. The maximum absolute atomic E-state index is 8.54. The quantitative estimate of drug-likeness (QED) is 0.445. The maximum Gasteiger partial charge on any atom is 0.225 e. The summed E-state index contributed by atoms with van der Waals surface area (Å²) in [6, 6.07) is 0. The van der Waals surface area contributed by atoms with Crippen LogP contribution >= 0.6 is 11.8 Å². The average molecular weight is 201 g/mol. The topological polar surface area (TPSA) is 111 Å². The lowest BCUT2D eigenvalue weighted by Crippen LogP contribution is -2.04. The van der Waals surface area contributed by atoms with Crippen molar-refractivity contribution in [3.63, 3.8) is 0 Å². The number of hydrogen-bond donors (Lipinski definition) is 3. The first-order valence-electron chi connectivity index (χ1n) is 3.73. The van der Waals surface area contributed by atoms with E-state index in [1.54, 1.807) is 0 Å². The van der Waals surface area contributed by atoms with Gasteiger partial charge in [-0.1, -0.05) is 11.8 Å². The third kappa shape index (κ3) is 3.43. The average Bonchev–Trinajstić information content (AvgIpc) is 2.03. The Morgan fingerprint density at radius 3 is 2.31 bits per heavy atom.